The van der Waals surface area contributed by atoms with E-state index in [9.17, 15) is 0 Å². The van der Waals surface area contributed by atoms with Crippen molar-refractivity contribution < 1.29 is 4.74 Å². The summed E-state index contributed by atoms with van der Waals surface area (Å²) >= 11 is 0. The first-order chi connectivity index (χ1) is 13.3. The molecule has 3 aromatic rings. The summed E-state index contributed by atoms with van der Waals surface area (Å²) < 4.78 is 7.36. The SMILES string of the molecule is COc1cccc(C2(CNc3ccc4nnc(C5CC5)n4n3)CCCC2)c1. The molecule has 0 radical (unpaired) electrons. The minimum atomic E-state index is 0.137. The first kappa shape index (κ1) is 16.5. The van der Waals surface area contributed by atoms with Crippen molar-refractivity contribution in [1.82, 2.24) is 19.8 Å². The van der Waals surface area contributed by atoms with Crippen molar-refractivity contribution in [2.75, 3.05) is 19.0 Å². The van der Waals surface area contributed by atoms with Crippen LogP contribution < -0.4 is 10.1 Å². The van der Waals surface area contributed by atoms with Crippen LogP contribution in [0.25, 0.3) is 5.65 Å². The van der Waals surface area contributed by atoms with Crippen LogP contribution in [-0.2, 0) is 5.41 Å². The Balaban J connectivity index is 1.41. The quantitative estimate of drug-likeness (QED) is 0.719. The molecule has 6 nitrogen and oxygen atoms in total. The molecule has 2 aliphatic carbocycles. The second-order valence-corrected chi connectivity index (χ2v) is 7.89. The maximum absolute atomic E-state index is 5.45. The molecule has 2 fully saturated rings. The topological polar surface area (TPSA) is 64.3 Å². The van der Waals surface area contributed by atoms with Crippen LogP contribution in [0.4, 0.5) is 5.82 Å². The van der Waals surface area contributed by atoms with Crippen LogP contribution in [0.2, 0.25) is 0 Å². The fourth-order valence-corrected chi connectivity index (χ4v) is 4.33. The molecule has 0 saturated heterocycles. The Hall–Kier alpha value is -2.63. The van der Waals surface area contributed by atoms with E-state index < -0.39 is 0 Å². The second-order valence-electron chi connectivity index (χ2n) is 7.89. The van der Waals surface area contributed by atoms with Gasteiger partial charge in [-0.05, 0) is 55.5 Å². The molecule has 6 heteroatoms. The minimum Gasteiger partial charge on any atom is -0.497 e. The van der Waals surface area contributed by atoms with Crippen LogP contribution in [-0.4, -0.2) is 33.5 Å². The van der Waals surface area contributed by atoms with E-state index in [1.165, 1.54) is 44.1 Å². The highest BCUT2D eigenvalue weighted by Gasteiger charge is 2.36. The van der Waals surface area contributed by atoms with E-state index in [0.29, 0.717) is 5.92 Å². The van der Waals surface area contributed by atoms with E-state index in [4.69, 9.17) is 9.84 Å². The number of benzene rings is 1. The van der Waals surface area contributed by atoms with Crippen molar-refractivity contribution in [2.45, 2.75) is 49.9 Å². The fourth-order valence-electron chi connectivity index (χ4n) is 4.33. The highest BCUT2D eigenvalue weighted by Crippen LogP contribution is 2.42. The van der Waals surface area contributed by atoms with E-state index in [1.54, 1.807) is 7.11 Å². The summed E-state index contributed by atoms with van der Waals surface area (Å²) in [5.41, 5.74) is 2.32. The molecule has 2 saturated carbocycles. The van der Waals surface area contributed by atoms with Crippen LogP contribution in [0.1, 0.15) is 55.8 Å². The summed E-state index contributed by atoms with van der Waals surface area (Å²) in [6.07, 6.45) is 7.30. The van der Waals surface area contributed by atoms with Gasteiger partial charge in [0.1, 0.15) is 11.6 Å². The zero-order chi connectivity index (χ0) is 18.3. The molecule has 0 amide bonds. The van der Waals surface area contributed by atoms with Gasteiger partial charge in [-0.15, -0.1) is 15.3 Å². The lowest BCUT2D eigenvalue weighted by molar-refractivity contribution is 0.409. The van der Waals surface area contributed by atoms with Gasteiger partial charge in [-0.25, -0.2) is 0 Å². The molecule has 5 rings (SSSR count). The van der Waals surface area contributed by atoms with E-state index in [1.807, 2.05) is 22.7 Å². The monoisotopic (exact) mass is 363 g/mol. The van der Waals surface area contributed by atoms with Gasteiger partial charge >= 0.3 is 0 Å². The lowest BCUT2D eigenvalue weighted by Gasteiger charge is -2.30. The molecule has 1 N–H and O–H groups in total. The van der Waals surface area contributed by atoms with Crippen molar-refractivity contribution in [1.29, 1.82) is 0 Å². The van der Waals surface area contributed by atoms with Gasteiger partial charge in [0.25, 0.3) is 0 Å². The zero-order valence-electron chi connectivity index (χ0n) is 15.7. The van der Waals surface area contributed by atoms with Crippen molar-refractivity contribution in [3.8, 4) is 5.75 Å². The van der Waals surface area contributed by atoms with Crippen molar-refractivity contribution in [3.05, 3.63) is 47.8 Å². The number of ether oxygens (including phenoxy) is 1. The van der Waals surface area contributed by atoms with Gasteiger partial charge in [0.05, 0.1) is 7.11 Å². The van der Waals surface area contributed by atoms with Crippen molar-refractivity contribution >= 4 is 11.5 Å². The van der Waals surface area contributed by atoms with Gasteiger partial charge in [-0.2, -0.15) is 4.52 Å². The highest BCUT2D eigenvalue weighted by atomic mass is 16.5. The molecule has 2 heterocycles. The summed E-state index contributed by atoms with van der Waals surface area (Å²) in [6, 6.07) is 12.5. The molecule has 0 spiro atoms. The Morgan fingerprint density at radius 3 is 2.78 bits per heavy atom. The number of nitrogens with zero attached hydrogens (tertiary/aromatic N) is 4. The molecular weight excluding hydrogens is 338 g/mol. The molecule has 0 unspecified atom stereocenters. The van der Waals surface area contributed by atoms with Gasteiger partial charge in [0, 0.05) is 17.9 Å². The first-order valence-corrected chi connectivity index (χ1v) is 9.88. The summed E-state index contributed by atoms with van der Waals surface area (Å²) in [4.78, 5) is 0. The van der Waals surface area contributed by atoms with E-state index in [0.717, 1.165) is 29.6 Å². The molecule has 2 aromatic heterocycles. The van der Waals surface area contributed by atoms with E-state index in [-0.39, 0.29) is 5.41 Å². The van der Waals surface area contributed by atoms with Crippen LogP contribution in [0.15, 0.2) is 36.4 Å². The predicted octanol–water partition coefficient (Wildman–Crippen LogP) is 3.93. The molecule has 0 bridgehead atoms. The lowest BCUT2D eigenvalue weighted by Crippen LogP contribution is -2.31. The standard InChI is InChI=1S/C21H25N5O/c1-27-17-6-4-5-16(13-17)21(11-2-3-12-21)14-22-18-9-10-19-23-24-20(15-7-8-15)26(19)25-18/h4-6,9-10,13,15H,2-3,7-8,11-12,14H2,1H3,(H,22,25). The Morgan fingerprint density at radius 1 is 1.15 bits per heavy atom. The Kier molecular flexibility index (Phi) is 3.99. The third kappa shape index (κ3) is 3.03. The van der Waals surface area contributed by atoms with Crippen LogP contribution in [0, 0.1) is 0 Å². The largest absolute Gasteiger partial charge is 0.497 e. The van der Waals surface area contributed by atoms with Gasteiger partial charge in [0.2, 0.25) is 0 Å². The number of fused-ring (bicyclic) bond motifs is 1. The van der Waals surface area contributed by atoms with Crippen molar-refractivity contribution in [2.24, 2.45) is 0 Å². The molecular formula is C21H25N5O. The van der Waals surface area contributed by atoms with Crippen LogP contribution in [0.5, 0.6) is 5.75 Å². The minimum absolute atomic E-state index is 0.137. The number of rotatable bonds is 6. The average molecular weight is 363 g/mol. The zero-order valence-corrected chi connectivity index (χ0v) is 15.7. The normalized spacial score (nSPS) is 18.7. The van der Waals surface area contributed by atoms with Gasteiger partial charge in [-0.3, -0.25) is 0 Å². The molecule has 0 aliphatic heterocycles. The molecule has 140 valence electrons. The van der Waals surface area contributed by atoms with E-state index in [2.05, 4.69) is 33.7 Å². The third-order valence-electron chi connectivity index (χ3n) is 6.08. The number of aromatic nitrogens is 4. The predicted molar refractivity (Wildman–Crippen MR) is 104 cm³/mol. The number of hydrogen-bond acceptors (Lipinski definition) is 5. The highest BCUT2D eigenvalue weighted by molar-refractivity contribution is 5.45. The van der Waals surface area contributed by atoms with Crippen LogP contribution in [0.3, 0.4) is 0 Å². The first-order valence-electron chi connectivity index (χ1n) is 9.88. The van der Waals surface area contributed by atoms with Gasteiger partial charge in [0.15, 0.2) is 11.5 Å². The maximum atomic E-state index is 5.45. The second kappa shape index (κ2) is 6.51. The molecule has 27 heavy (non-hydrogen) atoms. The lowest BCUT2D eigenvalue weighted by atomic mass is 9.78. The fraction of sp³-hybridized carbons (Fsp3) is 0.476. The third-order valence-corrected chi connectivity index (χ3v) is 6.08. The number of nitrogens with one attached hydrogen (secondary N) is 1. The molecule has 1 aromatic carbocycles. The molecule has 2 aliphatic rings. The Labute approximate surface area is 159 Å². The Bertz CT molecular complexity index is 956. The number of methoxy groups -OCH3 is 1. The molecule has 0 atom stereocenters. The summed E-state index contributed by atoms with van der Waals surface area (Å²) in [6.45, 7) is 0.875. The average Bonchev–Trinajstić information content (AvgIpc) is 3.29. The maximum Gasteiger partial charge on any atom is 0.178 e. The van der Waals surface area contributed by atoms with E-state index >= 15 is 0 Å². The van der Waals surface area contributed by atoms with Crippen molar-refractivity contribution in [3.63, 3.8) is 0 Å². The summed E-state index contributed by atoms with van der Waals surface area (Å²) in [5.74, 6) is 3.34. The van der Waals surface area contributed by atoms with Gasteiger partial charge < -0.3 is 10.1 Å². The Morgan fingerprint density at radius 2 is 2.00 bits per heavy atom. The smallest absolute Gasteiger partial charge is 0.178 e. The van der Waals surface area contributed by atoms with Gasteiger partial charge in [-0.1, -0.05) is 25.0 Å². The summed E-state index contributed by atoms with van der Waals surface area (Å²) in [5, 5.41) is 16.9. The van der Waals surface area contributed by atoms with Crippen LogP contribution >= 0.6 is 0 Å². The number of anilines is 1. The number of hydrogen-bond donors (Lipinski definition) is 1. The summed E-state index contributed by atoms with van der Waals surface area (Å²) in [7, 11) is 1.73.